The predicted octanol–water partition coefficient (Wildman–Crippen LogP) is 4.25. The molecule has 0 saturated carbocycles. The second kappa shape index (κ2) is 10.5. The Labute approximate surface area is 203 Å². The number of carbonyl (C=O) groups excluding carboxylic acids is 1. The van der Waals surface area contributed by atoms with Gasteiger partial charge in [0.25, 0.3) is 5.91 Å². The summed E-state index contributed by atoms with van der Waals surface area (Å²) in [6, 6.07) is 11.4. The summed E-state index contributed by atoms with van der Waals surface area (Å²) in [5.41, 5.74) is 9.25. The van der Waals surface area contributed by atoms with Gasteiger partial charge >= 0.3 is 0 Å². The van der Waals surface area contributed by atoms with Crippen molar-refractivity contribution in [1.82, 2.24) is 20.5 Å². The Morgan fingerprint density at radius 3 is 2.41 bits per heavy atom. The van der Waals surface area contributed by atoms with Gasteiger partial charge < -0.3 is 9.42 Å². The quantitative estimate of drug-likeness (QED) is 0.380. The lowest BCUT2D eigenvalue weighted by molar-refractivity contribution is 0.00159. The Morgan fingerprint density at radius 2 is 1.79 bits per heavy atom. The van der Waals surface area contributed by atoms with E-state index in [0.717, 1.165) is 11.1 Å². The second-order valence-corrected chi connectivity index (χ2v) is 9.58. The number of nitrogens with zero attached hydrogens (tertiary/aromatic N) is 3. The average Bonchev–Trinajstić information content (AvgIpc) is 3.28. The van der Waals surface area contributed by atoms with Crippen molar-refractivity contribution < 1.29 is 14.2 Å². The van der Waals surface area contributed by atoms with Crippen molar-refractivity contribution in [1.29, 1.82) is 0 Å². The lowest BCUT2D eigenvalue weighted by atomic mass is 9.72. The zero-order valence-electron chi connectivity index (χ0n) is 21.1. The smallest absolute Gasteiger partial charge is 0.253 e. The van der Waals surface area contributed by atoms with Gasteiger partial charge in [-0.05, 0) is 62.1 Å². The largest absolute Gasteiger partial charge is 0.340 e. The van der Waals surface area contributed by atoms with Gasteiger partial charge in [-0.15, -0.1) is 0 Å². The highest BCUT2D eigenvalue weighted by Crippen LogP contribution is 2.22. The fourth-order valence-electron chi connectivity index (χ4n) is 3.55. The van der Waals surface area contributed by atoms with Crippen molar-refractivity contribution in [2.24, 2.45) is 0 Å². The molecule has 1 N–H and O–H groups in total. The molecule has 0 bridgehead atoms. The lowest BCUT2D eigenvalue weighted by Crippen LogP contribution is -2.40. The highest BCUT2D eigenvalue weighted by Gasteiger charge is 2.22. The molecule has 3 aromatic rings. The monoisotopic (exact) mass is 460 g/mol. The third kappa shape index (κ3) is 6.33. The Kier molecular flexibility index (Phi) is 7.95. The van der Waals surface area contributed by atoms with Crippen LogP contribution in [0.15, 0.2) is 40.9 Å². The molecule has 0 saturated heterocycles. The molecule has 7 nitrogen and oxygen atoms in total. The van der Waals surface area contributed by atoms with Crippen LogP contribution in [0.4, 0.5) is 0 Å². The minimum atomic E-state index is -0.712. The van der Waals surface area contributed by atoms with Gasteiger partial charge in [-0.3, -0.25) is 9.63 Å². The Hall–Kier alpha value is -2.97. The minimum Gasteiger partial charge on any atom is -0.340 e. The van der Waals surface area contributed by atoms with Crippen LogP contribution in [0.2, 0.25) is 0 Å². The van der Waals surface area contributed by atoms with E-state index in [2.05, 4.69) is 48.5 Å². The zero-order chi connectivity index (χ0) is 25.0. The molecule has 1 unspecified atom stereocenters. The van der Waals surface area contributed by atoms with Gasteiger partial charge in [0, 0.05) is 36.1 Å². The molecule has 1 aromatic heterocycles. The van der Waals surface area contributed by atoms with Crippen LogP contribution in [0.3, 0.4) is 0 Å². The first-order valence-corrected chi connectivity index (χ1v) is 11.4. The molecule has 0 aliphatic carbocycles. The van der Waals surface area contributed by atoms with Gasteiger partial charge in [0.05, 0.1) is 14.5 Å². The number of hydrogen-bond acceptors (Lipinski definition) is 6. The third-order valence-corrected chi connectivity index (χ3v) is 5.73. The van der Waals surface area contributed by atoms with E-state index in [1.165, 1.54) is 16.7 Å². The number of nitrogens with one attached hydrogen (secondary N) is 1. The number of aryl methyl sites for hydroxylation is 3. The van der Waals surface area contributed by atoms with Gasteiger partial charge in [-0.1, -0.05) is 43.3 Å². The van der Waals surface area contributed by atoms with E-state index in [-0.39, 0.29) is 11.9 Å². The topological polar surface area (TPSA) is 80.5 Å². The van der Waals surface area contributed by atoms with Crippen LogP contribution in [0, 0.1) is 20.8 Å². The average molecular weight is 460 g/mol. The summed E-state index contributed by atoms with van der Waals surface area (Å²) in [6.45, 7) is 12.8. The van der Waals surface area contributed by atoms with E-state index in [9.17, 15) is 4.79 Å². The summed E-state index contributed by atoms with van der Waals surface area (Å²) in [4.78, 5) is 24.6. The summed E-state index contributed by atoms with van der Waals surface area (Å²) < 4.78 is 5.24. The summed E-state index contributed by atoms with van der Waals surface area (Å²) in [6.07, 6.45) is 0. The standard InChI is InChI=1S/C26H33BN4O3/c1-16-12-18(3)22(13-17(16)2)15-33-29-19(4)14-31(7)24(32)21-10-8-20(9-11-21)23-28-25(34-30-23)26(5,6)27/h8-13,19,29H,14-15H2,1-7H3. The molecule has 1 amide bonds. The van der Waals surface area contributed by atoms with E-state index in [1.807, 2.05) is 6.92 Å². The van der Waals surface area contributed by atoms with Crippen molar-refractivity contribution in [3.05, 3.63) is 70.1 Å². The first-order valence-electron chi connectivity index (χ1n) is 11.4. The van der Waals surface area contributed by atoms with E-state index in [0.29, 0.717) is 30.4 Å². The minimum absolute atomic E-state index is 0.0440. The molecule has 0 aliphatic rings. The molecule has 8 heteroatoms. The number of rotatable bonds is 9. The number of hydroxylamine groups is 1. The molecule has 34 heavy (non-hydrogen) atoms. The number of likely N-dealkylation sites (N-methyl/N-ethyl adjacent to an activating group) is 1. The zero-order valence-corrected chi connectivity index (χ0v) is 21.1. The molecule has 0 fully saturated rings. The molecule has 2 aromatic carbocycles. The SMILES string of the molecule is [B]C(C)(C)c1nc(-c2ccc(C(=O)N(C)CC(C)NOCc3cc(C)c(C)cc3C)cc2)no1. The molecule has 1 atom stereocenters. The molecule has 178 valence electrons. The van der Waals surface area contributed by atoms with Gasteiger partial charge in [0.15, 0.2) is 0 Å². The maximum Gasteiger partial charge on any atom is 0.253 e. The molecule has 0 spiro atoms. The number of aromatic nitrogens is 2. The molecule has 1 heterocycles. The van der Waals surface area contributed by atoms with Crippen LogP contribution in [0.5, 0.6) is 0 Å². The fourth-order valence-corrected chi connectivity index (χ4v) is 3.55. The number of benzene rings is 2. The summed E-state index contributed by atoms with van der Waals surface area (Å²) in [7, 11) is 7.78. The van der Waals surface area contributed by atoms with Crippen LogP contribution in [0.1, 0.15) is 59.3 Å². The number of hydrogen-bond donors (Lipinski definition) is 1. The molecule has 0 aliphatic heterocycles. The predicted molar refractivity (Wildman–Crippen MR) is 134 cm³/mol. The van der Waals surface area contributed by atoms with E-state index in [4.69, 9.17) is 17.2 Å². The lowest BCUT2D eigenvalue weighted by Gasteiger charge is -2.22. The first kappa shape index (κ1) is 25.7. The first-order chi connectivity index (χ1) is 16.0. The van der Waals surface area contributed by atoms with Crippen LogP contribution in [0.25, 0.3) is 11.4 Å². The molecular formula is C26H33BN4O3. The highest BCUT2D eigenvalue weighted by molar-refractivity contribution is 6.14. The Morgan fingerprint density at radius 1 is 1.15 bits per heavy atom. The van der Waals surface area contributed by atoms with E-state index in [1.54, 1.807) is 50.1 Å². The van der Waals surface area contributed by atoms with Crippen molar-refractivity contribution in [3.63, 3.8) is 0 Å². The molecule has 2 radical (unpaired) electrons. The van der Waals surface area contributed by atoms with E-state index < -0.39 is 5.31 Å². The maximum absolute atomic E-state index is 12.9. The fraction of sp³-hybridized carbons (Fsp3) is 0.423. The summed E-state index contributed by atoms with van der Waals surface area (Å²) in [5.74, 6) is 0.718. The Balaban J connectivity index is 1.52. The summed E-state index contributed by atoms with van der Waals surface area (Å²) in [5, 5.41) is 3.27. The highest BCUT2D eigenvalue weighted by atomic mass is 16.6. The van der Waals surface area contributed by atoms with Crippen molar-refractivity contribution in [2.45, 2.75) is 59.5 Å². The van der Waals surface area contributed by atoms with Gasteiger partial charge in [-0.2, -0.15) is 10.5 Å². The molecular weight excluding hydrogens is 427 g/mol. The number of amides is 1. The van der Waals surface area contributed by atoms with Crippen LogP contribution in [-0.4, -0.2) is 48.4 Å². The second-order valence-electron chi connectivity index (χ2n) is 9.58. The van der Waals surface area contributed by atoms with Crippen LogP contribution >= 0.6 is 0 Å². The van der Waals surface area contributed by atoms with E-state index >= 15 is 0 Å². The maximum atomic E-state index is 12.9. The molecule has 3 rings (SSSR count). The normalized spacial score (nSPS) is 12.6. The van der Waals surface area contributed by atoms with Crippen LogP contribution < -0.4 is 5.48 Å². The van der Waals surface area contributed by atoms with Crippen LogP contribution in [-0.2, 0) is 16.8 Å². The van der Waals surface area contributed by atoms with Crippen molar-refractivity contribution >= 4 is 13.8 Å². The van der Waals surface area contributed by atoms with Crippen molar-refractivity contribution in [2.75, 3.05) is 13.6 Å². The Bertz CT molecular complexity index is 1140. The van der Waals surface area contributed by atoms with Crippen molar-refractivity contribution in [3.8, 4) is 11.4 Å². The van der Waals surface area contributed by atoms with Gasteiger partial charge in [0.1, 0.15) is 0 Å². The van der Waals surface area contributed by atoms with Gasteiger partial charge in [-0.25, -0.2) is 0 Å². The number of carbonyl (C=O) groups is 1. The van der Waals surface area contributed by atoms with Gasteiger partial charge in [0.2, 0.25) is 11.7 Å². The third-order valence-electron chi connectivity index (χ3n) is 5.73. The summed E-state index contributed by atoms with van der Waals surface area (Å²) >= 11 is 0.